The Bertz CT molecular complexity index is 563. The first-order chi connectivity index (χ1) is 9.26. The number of nitrogens with zero attached hydrogens (tertiary/aromatic N) is 1. The number of aryl methyl sites for hydroxylation is 1. The molecule has 3 N–H and O–H groups in total. The van der Waals surface area contributed by atoms with E-state index in [0.717, 1.165) is 30.5 Å². The van der Waals surface area contributed by atoms with Gasteiger partial charge in [-0.1, -0.05) is 24.3 Å². The van der Waals surface area contributed by atoms with Gasteiger partial charge in [0.05, 0.1) is 5.52 Å². The molecule has 0 aliphatic rings. The van der Waals surface area contributed by atoms with E-state index < -0.39 is 0 Å². The van der Waals surface area contributed by atoms with Crippen LogP contribution in [0.2, 0.25) is 0 Å². The lowest BCUT2D eigenvalue weighted by atomic mass is 9.97. The Hall–Kier alpha value is -1.71. The van der Waals surface area contributed by atoms with Crippen molar-refractivity contribution in [2.75, 3.05) is 0 Å². The number of nitrogens with one attached hydrogen (secondary N) is 1. The van der Waals surface area contributed by atoms with Gasteiger partial charge in [0.2, 0.25) is 0 Å². The molecule has 2 rings (SSSR count). The quantitative estimate of drug-likeness (QED) is 0.360. The van der Waals surface area contributed by atoms with Crippen LogP contribution < -0.4 is 11.3 Å². The van der Waals surface area contributed by atoms with E-state index in [0.29, 0.717) is 0 Å². The van der Waals surface area contributed by atoms with E-state index in [-0.39, 0.29) is 6.04 Å². The largest absolute Gasteiger partial charge is 0.271 e. The van der Waals surface area contributed by atoms with Crippen LogP contribution in [0.1, 0.15) is 36.6 Å². The molecule has 1 aromatic carbocycles. The maximum absolute atomic E-state index is 5.73. The fourth-order valence-electron chi connectivity index (χ4n) is 2.42. The molecule has 3 heteroatoms. The number of aromatic nitrogens is 1. The summed E-state index contributed by atoms with van der Waals surface area (Å²) in [6.07, 6.45) is 5.04. The number of para-hydroxylation sites is 1. The van der Waals surface area contributed by atoms with Gasteiger partial charge in [0.1, 0.15) is 0 Å². The van der Waals surface area contributed by atoms with Crippen LogP contribution in [0.25, 0.3) is 10.9 Å². The SMILES string of the molecule is C=CCCCC(NN)c1cc(C)nc2ccccc12. The minimum absolute atomic E-state index is 0.159. The van der Waals surface area contributed by atoms with Gasteiger partial charge >= 0.3 is 0 Å². The number of allylic oxidation sites excluding steroid dienone is 1. The molecular weight excluding hydrogens is 234 g/mol. The molecule has 0 spiro atoms. The number of unbranched alkanes of at least 4 members (excludes halogenated alkanes) is 1. The van der Waals surface area contributed by atoms with Crippen LogP contribution in [-0.2, 0) is 0 Å². The number of benzene rings is 1. The molecule has 1 atom stereocenters. The molecule has 0 radical (unpaired) electrons. The Morgan fingerprint density at radius 2 is 2.21 bits per heavy atom. The van der Waals surface area contributed by atoms with Crippen molar-refractivity contribution in [1.29, 1.82) is 0 Å². The monoisotopic (exact) mass is 255 g/mol. The second kappa shape index (κ2) is 6.45. The average Bonchev–Trinajstić information content (AvgIpc) is 2.43. The smallest absolute Gasteiger partial charge is 0.0708 e. The van der Waals surface area contributed by atoms with Crippen molar-refractivity contribution < 1.29 is 0 Å². The highest BCUT2D eigenvalue weighted by Crippen LogP contribution is 2.27. The van der Waals surface area contributed by atoms with E-state index in [1.807, 2.05) is 31.2 Å². The third kappa shape index (κ3) is 3.19. The first-order valence-electron chi connectivity index (χ1n) is 6.69. The highest BCUT2D eigenvalue weighted by atomic mass is 15.2. The Balaban J connectivity index is 2.38. The summed E-state index contributed by atoms with van der Waals surface area (Å²) in [6, 6.07) is 10.5. The molecular formula is C16H21N3. The Morgan fingerprint density at radius 1 is 1.42 bits per heavy atom. The van der Waals surface area contributed by atoms with Crippen molar-refractivity contribution in [3.05, 3.63) is 54.2 Å². The lowest BCUT2D eigenvalue weighted by molar-refractivity contribution is 0.503. The van der Waals surface area contributed by atoms with Crippen LogP contribution in [0.4, 0.5) is 0 Å². The molecule has 19 heavy (non-hydrogen) atoms. The lowest BCUT2D eigenvalue weighted by Crippen LogP contribution is -2.28. The molecule has 0 bridgehead atoms. The molecule has 2 aromatic rings. The fraction of sp³-hybridized carbons (Fsp3) is 0.312. The Labute approximate surface area is 114 Å². The van der Waals surface area contributed by atoms with Gasteiger partial charge in [-0.3, -0.25) is 16.3 Å². The molecule has 0 amide bonds. The Morgan fingerprint density at radius 3 is 2.95 bits per heavy atom. The van der Waals surface area contributed by atoms with Gasteiger partial charge in [0, 0.05) is 17.1 Å². The summed E-state index contributed by atoms with van der Waals surface area (Å²) in [5, 5.41) is 1.18. The number of hydrazine groups is 1. The van der Waals surface area contributed by atoms with Crippen LogP contribution in [0.5, 0.6) is 0 Å². The van der Waals surface area contributed by atoms with Crippen LogP contribution >= 0.6 is 0 Å². The van der Waals surface area contributed by atoms with Gasteiger partial charge in [-0.2, -0.15) is 0 Å². The van der Waals surface area contributed by atoms with Crippen molar-refractivity contribution in [1.82, 2.24) is 10.4 Å². The van der Waals surface area contributed by atoms with E-state index in [2.05, 4.69) is 29.1 Å². The second-order valence-electron chi connectivity index (χ2n) is 4.81. The Kier molecular flexibility index (Phi) is 4.66. The first-order valence-corrected chi connectivity index (χ1v) is 6.69. The van der Waals surface area contributed by atoms with Crippen LogP contribution in [0.3, 0.4) is 0 Å². The van der Waals surface area contributed by atoms with Crippen LogP contribution in [0.15, 0.2) is 43.0 Å². The van der Waals surface area contributed by atoms with Crippen molar-refractivity contribution in [2.45, 2.75) is 32.2 Å². The summed E-state index contributed by atoms with van der Waals surface area (Å²) >= 11 is 0. The zero-order chi connectivity index (χ0) is 13.7. The number of pyridine rings is 1. The van der Waals surface area contributed by atoms with E-state index >= 15 is 0 Å². The molecule has 0 saturated heterocycles. The predicted molar refractivity (Wildman–Crippen MR) is 80.6 cm³/mol. The summed E-state index contributed by atoms with van der Waals surface area (Å²) in [6.45, 7) is 5.78. The van der Waals surface area contributed by atoms with Crippen LogP contribution in [0, 0.1) is 6.92 Å². The van der Waals surface area contributed by atoms with Crippen molar-refractivity contribution in [2.24, 2.45) is 5.84 Å². The second-order valence-corrected chi connectivity index (χ2v) is 4.81. The minimum atomic E-state index is 0.159. The summed E-state index contributed by atoms with van der Waals surface area (Å²) in [7, 11) is 0. The highest BCUT2D eigenvalue weighted by Gasteiger charge is 2.13. The van der Waals surface area contributed by atoms with Gasteiger partial charge in [-0.05, 0) is 43.9 Å². The van der Waals surface area contributed by atoms with E-state index in [4.69, 9.17) is 5.84 Å². The molecule has 1 aromatic heterocycles. The maximum Gasteiger partial charge on any atom is 0.0708 e. The van der Waals surface area contributed by atoms with Gasteiger partial charge < -0.3 is 0 Å². The predicted octanol–water partition coefficient (Wildman–Crippen LogP) is 3.40. The topological polar surface area (TPSA) is 50.9 Å². The number of fused-ring (bicyclic) bond motifs is 1. The molecule has 0 aliphatic carbocycles. The van der Waals surface area contributed by atoms with Crippen molar-refractivity contribution in [3.8, 4) is 0 Å². The summed E-state index contributed by atoms with van der Waals surface area (Å²) in [5.74, 6) is 5.73. The first kappa shape index (κ1) is 13.7. The van der Waals surface area contributed by atoms with Crippen molar-refractivity contribution >= 4 is 10.9 Å². The normalized spacial score (nSPS) is 12.5. The van der Waals surface area contributed by atoms with Gasteiger partial charge in [0.15, 0.2) is 0 Å². The van der Waals surface area contributed by atoms with Crippen LogP contribution in [-0.4, -0.2) is 4.98 Å². The zero-order valence-corrected chi connectivity index (χ0v) is 11.4. The van der Waals surface area contributed by atoms with Crippen molar-refractivity contribution in [3.63, 3.8) is 0 Å². The van der Waals surface area contributed by atoms with E-state index in [1.165, 1.54) is 10.9 Å². The number of hydrogen-bond acceptors (Lipinski definition) is 3. The number of hydrogen-bond donors (Lipinski definition) is 2. The third-order valence-corrected chi connectivity index (χ3v) is 3.35. The summed E-state index contributed by atoms with van der Waals surface area (Å²) < 4.78 is 0. The van der Waals surface area contributed by atoms with Gasteiger partial charge in [-0.15, -0.1) is 6.58 Å². The van der Waals surface area contributed by atoms with Gasteiger partial charge in [0.25, 0.3) is 0 Å². The molecule has 0 aliphatic heterocycles. The highest BCUT2D eigenvalue weighted by molar-refractivity contribution is 5.82. The molecule has 1 unspecified atom stereocenters. The number of nitrogens with two attached hydrogens (primary N) is 1. The third-order valence-electron chi connectivity index (χ3n) is 3.35. The minimum Gasteiger partial charge on any atom is -0.271 e. The lowest BCUT2D eigenvalue weighted by Gasteiger charge is -2.18. The molecule has 1 heterocycles. The van der Waals surface area contributed by atoms with E-state index in [9.17, 15) is 0 Å². The standard InChI is InChI=1S/C16H21N3/c1-3-4-5-10-16(19-17)14-11-12(2)18-15-9-7-6-8-13(14)15/h3,6-9,11,16,19H,1,4-5,10,17H2,2H3. The maximum atomic E-state index is 5.73. The molecule has 0 fully saturated rings. The van der Waals surface area contributed by atoms with Gasteiger partial charge in [-0.25, -0.2) is 0 Å². The molecule has 3 nitrogen and oxygen atoms in total. The average molecular weight is 255 g/mol. The fourth-order valence-corrected chi connectivity index (χ4v) is 2.42. The van der Waals surface area contributed by atoms with E-state index in [1.54, 1.807) is 0 Å². The summed E-state index contributed by atoms with van der Waals surface area (Å²) in [4.78, 5) is 4.56. The molecule has 0 saturated carbocycles. The zero-order valence-electron chi connectivity index (χ0n) is 11.4. The summed E-state index contributed by atoms with van der Waals surface area (Å²) in [5.41, 5.74) is 6.22. The molecule has 100 valence electrons. The number of rotatable bonds is 6.